The molecule has 2 aliphatic rings. The van der Waals surface area contributed by atoms with Crippen LogP contribution in [0.15, 0.2) is 42.5 Å². The Bertz CT molecular complexity index is 1050. The van der Waals surface area contributed by atoms with Crippen LogP contribution in [0.25, 0.3) is 10.2 Å². The van der Waals surface area contributed by atoms with Gasteiger partial charge in [0, 0.05) is 18.8 Å². The molecule has 1 atom stereocenters. The highest BCUT2D eigenvalue weighted by Gasteiger charge is 2.21. The van der Waals surface area contributed by atoms with E-state index < -0.39 is 0 Å². The van der Waals surface area contributed by atoms with Crippen molar-refractivity contribution in [1.82, 2.24) is 10.3 Å². The van der Waals surface area contributed by atoms with Crippen molar-refractivity contribution in [2.24, 2.45) is 0 Å². The van der Waals surface area contributed by atoms with Gasteiger partial charge in [0.05, 0.1) is 30.0 Å². The van der Waals surface area contributed by atoms with Gasteiger partial charge in [0.1, 0.15) is 6.61 Å². The van der Waals surface area contributed by atoms with Crippen molar-refractivity contribution in [2.75, 3.05) is 49.7 Å². The van der Waals surface area contributed by atoms with Crippen LogP contribution in [0.3, 0.4) is 0 Å². The predicted octanol–water partition coefficient (Wildman–Crippen LogP) is 3.09. The standard InChI is InChI=1S/C21H22N4O4S/c26-20(22-12-15-13-28-17-3-1-2-4-18(17)29-15)23-14-5-6-16-19(11-14)30-21(24-16)25-7-9-27-10-8-25/h1-6,11,15H,7-10,12-13H2,(H2,22,23,26). The Balaban J connectivity index is 1.17. The van der Waals surface area contributed by atoms with Gasteiger partial charge in [0.2, 0.25) is 0 Å². The number of para-hydroxylation sites is 2. The SMILES string of the molecule is O=C(NCC1COc2ccccc2O1)Nc1ccc2nc(N3CCOCC3)sc2c1. The molecule has 2 N–H and O–H groups in total. The minimum absolute atomic E-state index is 0.231. The van der Waals surface area contributed by atoms with Crippen LogP contribution in [0.4, 0.5) is 15.6 Å². The molecule has 1 saturated heterocycles. The van der Waals surface area contributed by atoms with Crippen molar-refractivity contribution in [3.05, 3.63) is 42.5 Å². The molecule has 1 fully saturated rings. The molecule has 156 valence electrons. The summed E-state index contributed by atoms with van der Waals surface area (Å²) in [6.07, 6.45) is -0.231. The van der Waals surface area contributed by atoms with E-state index in [0.29, 0.717) is 18.9 Å². The molecule has 9 heteroatoms. The Hall–Kier alpha value is -3.04. The van der Waals surface area contributed by atoms with Crippen molar-refractivity contribution in [3.63, 3.8) is 0 Å². The summed E-state index contributed by atoms with van der Waals surface area (Å²) in [7, 11) is 0. The number of morpholine rings is 1. The third-order valence-electron chi connectivity index (χ3n) is 4.97. The minimum atomic E-state index is -0.283. The Morgan fingerprint density at radius 1 is 1.17 bits per heavy atom. The Kier molecular flexibility index (Phi) is 5.29. The molecule has 8 nitrogen and oxygen atoms in total. The number of carbonyl (C=O) groups is 1. The van der Waals surface area contributed by atoms with Gasteiger partial charge in [0.25, 0.3) is 0 Å². The fourth-order valence-electron chi connectivity index (χ4n) is 3.43. The van der Waals surface area contributed by atoms with E-state index in [2.05, 4.69) is 15.5 Å². The number of thiazole rings is 1. The second-order valence-electron chi connectivity index (χ2n) is 7.11. The first-order valence-electron chi connectivity index (χ1n) is 9.91. The number of nitrogens with zero attached hydrogens (tertiary/aromatic N) is 2. The van der Waals surface area contributed by atoms with Crippen LogP contribution >= 0.6 is 11.3 Å². The van der Waals surface area contributed by atoms with E-state index in [0.717, 1.165) is 53.1 Å². The number of ether oxygens (including phenoxy) is 3. The van der Waals surface area contributed by atoms with Gasteiger partial charge in [-0.3, -0.25) is 0 Å². The largest absolute Gasteiger partial charge is 0.486 e. The van der Waals surface area contributed by atoms with Crippen molar-refractivity contribution in [2.45, 2.75) is 6.10 Å². The summed E-state index contributed by atoms with van der Waals surface area (Å²) >= 11 is 1.63. The molecule has 2 amide bonds. The number of fused-ring (bicyclic) bond motifs is 2. The molecule has 0 spiro atoms. The van der Waals surface area contributed by atoms with Gasteiger partial charge >= 0.3 is 6.03 Å². The summed E-state index contributed by atoms with van der Waals surface area (Å²) in [6, 6.07) is 13.0. The number of urea groups is 1. The van der Waals surface area contributed by atoms with Gasteiger partial charge in [0.15, 0.2) is 22.7 Å². The average molecular weight is 426 g/mol. The van der Waals surface area contributed by atoms with E-state index >= 15 is 0 Å². The first-order chi connectivity index (χ1) is 14.7. The smallest absolute Gasteiger partial charge is 0.319 e. The van der Waals surface area contributed by atoms with Crippen LogP contribution in [-0.4, -0.2) is 56.6 Å². The number of carbonyl (C=O) groups excluding carboxylic acids is 1. The number of anilines is 2. The van der Waals surface area contributed by atoms with Crippen molar-refractivity contribution in [1.29, 1.82) is 0 Å². The van der Waals surface area contributed by atoms with Gasteiger partial charge in [-0.15, -0.1) is 0 Å². The quantitative estimate of drug-likeness (QED) is 0.667. The van der Waals surface area contributed by atoms with Crippen LogP contribution in [-0.2, 0) is 4.74 Å². The van der Waals surface area contributed by atoms with Crippen LogP contribution < -0.4 is 25.0 Å². The fourth-order valence-corrected chi connectivity index (χ4v) is 4.48. The van der Waals surface area contributed by atoms with Crippen LogP contribution in [0.1, 0.15) is 0 Å². The second kappa shape index (κ2) is 8.37. The van der Waals surface area contributed by atoms with Gasteiger partial charge in [-0.05, 0) is 30.3 Å². The molecule has 2 aliphatic heterocycles. The van der Waals surface area contributed by atoms with Gasteiger partial charge in [-0.1, -0.05) is 23.5 Å². The lowest BCUT2D eigenvalue weighted by molar-refractivity contribution is 0.0922. The van der Waals surface area contributed by atoms with E-state index in [9.17, 15) is 4.79 Å². The zero-order valence-corrected chi connectivity index (χ0v) is 17.1. The number of amides is 2. The third-order valence-corrected chi connectivity index (χ3v) is 6.05. The number of benzene rings is 2. The first-order valence-corrected chi connectivity index (χ1v) is 10.7. The number of rotatable bonds is 4. The van der Waals surface area contributed by atoms with Crippen molar-refractivity contribution < 1.29 is 19.0 Å². The Labute approximate surface area is 177 Å². The van der Waals surface area contributed by atoms with Crippen LogP contribution in [0.2, 0.25) is 0 Å². The van der Waals surface area contributed by atoms with Crippen molar-refractivity contribution >= 4 is 38.4 Å². The zero-order chi connectivity index (χ0) is 20.3. The van der Waals surface area contributed by atoms with Gasteiger partial charge < -0.3 is 29.7 Å². The summed E-state index contributed by atoms with van der Waals surface area (Å²) < 4.78 is 18.0. The molecule has 30 heavy (non-hydrogen) atoms. The van der Waals surface area contributed by atoms with E-state index in [1.54, 1.807) is 11.3 Å². The van der Waals surface area contributed by atoms with Crippen molar-refractivity contribution in [3.8, 4) is 11.5 Å². The average Bonchev–Trinajstić information content (AvgIpc) is 3.22. The number of hydrogen-bond acceptors (Lipinski definition) is 7. The molecule has 0 bridgehead atoms. The maximum Gasteiger partial charge on any atom is 0.319 e. The molecule has 3 heterocycles. The van der Waals surface area contributed by atoms with Gasteiger partial charge in [-0.2, -0.15) is 0 Å². The molecule has 1 unspecified atom stereocenters. The normalized spacial score (nSPS) is 18.3. The highest BCUT2D eigenvalue weighted by molar-refractivity contribution is 7.22. The molecule has 2 aromatic carbocycles. The van der Waals surface area contributed by atoms with E-state index in [4.69, 9.17) is 19.2 Å². The molecular weight excluding hydrogens is 404 g/mol. The Morgan fingerprint density at radius 2 is 2.00 bits per heavy atom. The fraction of sp³-hybridized carbons (Fsp3) is 0.333. The molecule has 5 rings (SSSR count). The second-order valence-corrected chi connectivity index (χ2v) is 8.12. The molecule has 0 radical (unpaired) electrons. The highest BCUT2D eigenvalue weighted by Crippen LogP contribution is 2.32. The summed E-state index contributed by atoms with van der Waals surface area (Å²) in [5.74, 6) is 1.43. The molecular formula is C21H22N4O4S. The first kappa shape index (κ1) is 19.0. The Morgan fingerprint density at radius 3 is 2.87 bits per heavy atom. The lowest BCUT2D eigenvalue weighted by Gasteiger charge is -2.26. The molecule has 0 saturated carbocycles. The summed E-state index contributed by atoms with van der Waals surface area (Å²) in [4.78, 5) is 19.3. The predicted molar refractivity (Wildman–Crippen MR) is 116 cm³/mol. The molecule has 0 aliphatic carbocycles. The summed E-state index contributed by atoms with van der Waals surface area (Å²) in [6.45, 7) is 3.91. The zero-order valence-electron chi connectivity index (χ0n) is 16.3. The van der Waals surface area contributed by atoms with E-state index in [-0.39, 0.29) is 12.1 Å². The van der Waals surface area contributed by atoms with E-state index in [1.165, 1.54) is 0 Å². The van der Waals surface area contributed by atoms with E-state index in [1.807, 2.05) is 42.5 Å². The lowest BCUT2D eigenvalue weighted by atomic mass is 10.2. The maximum absolute atomic E-state index is 12.3. The van der Waals surface area contributed by atoms with Crippen LogP contribution in [0.5, 0.6) is 11.5 Å². The maximum atomic E-state index is 12.3. The monoisotopic (exact) mass is 426 g/mol. The number of aromatic nitrogens is 1. The molecule has 3 aromatic rings. The lowest BCUT2D eigenvalue weighted by Crippen LogP contribution is -2.42. The summed E-state index contributed by atoms with van der Waals surface area (Å²) in [5, 5.41) is 6.72. The highest BCUT2D eigenvalue weighted by atomic mass is 32.1. The number of nitrogens with one attached hydrogen (secondary N) is 2. The van der Waals surface area contributed by atoms with Crippen LogP contribution in [0, 0.1) is 0 Å². The number of hydrogen-bond donors (Lipinski definition) is 2. The third kappa shape index (κ3) is 4.12. The summed E-state index contributed by atoms with van der Waals surface area (Å²) in [5.41, 5.74) is 1.65. The van der Waals surface area contributed by atoms with Gasteiger partial charge in [-0.25, -0.2) is 9.78 Å². The minimum Gasteiger partial charge on any atom is -0.486 e. The molecule has 1 aromatic heterocycles. The topological polar surface area (TPSA) is 85.0 Å².